The highest BCUT2D eigenvalue weighted by molar-refractivity contribution is 6.16. The van der Waals surface area contributed by atoms with Crippen molar-refractivity contribution >= 4 is 28.3 Å². The molecule has 9 nitrogen and oxygen atoms in total. The van der Waals surface area contributed by atoms with E-state index in [1.165, 1.54) is 38.0 Å². The number of fused-ring (bicyclic) bond motifs is 1. The number of carbonyl (C=O) groups is 1. The molecule has 0 bridgehead atoms. The Hall–Kier alpha value is -4.08. The monoisotopic (exact) mass is 408 g/mol. The molecule has 0 aliphatic heterocycles. The highest BCUT2D eigenvalue weighted by atomic mass is 19.1. The number of methoxy groups -OCH3 is 1. The van der Waals surface area contributed by atoms with Crippen LogP contribution in [-0.2, 0) is 0 Å². The van der Waals surface area contributed by atoms with Crippen LogP contribution in [0.4, 0.5) is 15.9 Å². The Balaban J connectivity index is 1.63. The number of halogens is 1. The van der Waals surface area contributed by atoms with Crippen LogP contribution in [0.15, 0.2) is 43.0 Å². The number of rotatable bonds is 7. The molecule has 30 heavy (non-hydrogen) atoms. The second-order valence-corrected chi connectivity index (χ2v) is 6.12. The average Bonchev–Trinajstić information content (AvgIpc) is 3.19. The maximum absolute atomic E-state index is 14.7. The molecule has 0 aromatic carbocycles. The lowest BCUT2D eigenvalue weighted by Crippen LogP contribution is -2.08. The predicted octanol–water partition coefficient (Wildman–Crippen LogP) is 3.27. The molecule has 4 aromatic heterocycles. The quantitative estimate of drug-likeness (QED) is 0.354. The van der Waals surface area contributed by atoms with Gasteiger partial charge in [-0.2, -0.15) is 4.39 Å². The maximum Gasteiger partial charge on any atom is 0.226 e. The van der Waals surface area contributed by atoms with Gasteiger partial charge in [-0.25, -0.2) is 19.9 Å². The van der Waals surface area contributed by atoms with Crippen LogP contribution in [0.2, 0.25) is 0 Å². The van der Waals surface area contributed by atoms with Crippen molar-refractivity contribution < 1.29 is 18.7 Å². The van der Waals surface area contributed by atoms with E-state index < -0.39 is 11.7 Å². The second kappa shape index (κ2) is 8.11. The molecule has 0 saturated carbocycles. The van der Waals surface area contributed by atoms with Crippen LogP contribution < -0.4 is 14.8 Å². The van der Waals surface area contributed by atoms with Gasteiger partial charge in [-0.1, -0.05) is 0 Å². The van der Waals surface area contributed by atoms with E-state index >= 15 is 0 Å². The summed E-state index contributed by atoms with van der Waals surface area (Å²) in [5.41, 5.74) is 1.04. The summed E-state index contributed by atoms with van der Waals surface area (Å²) in [5.74, 6) is -0.524. The molecule has 0 unspecified atom stereocenters. The third kappa shape index (κ3) is 3.62. The SMILES string of the molecule is CCOc1ncnc2[nH]cc(C(=O)c3ccc(Nc4ccc(OC)nc4)nc3F)c12. The van der Waals surface area contributed by atoms with E-state index in [1.54, 1.807) is 19.1 Å². The smallest absolute Gasteiger partial charge is 0.226 e. The Bertz CT molecular complexity index is 1210. The number of aromatic amines is 1. The highest BCUT2D eigenvalue weighted by Gasteiger charge is 2.22. The van der Waals surface area contributed by atoms with Crippen molar-refractivity contribution in [3.63, 3.8) is 0 Å². The first-order chi connectivity index (χ1) is 14.6. The zero-order valence-electron chi connectivity index (χ0n) is 16.1. The van der Waals surface area contributed by atoms with Gasteiger partial charge in [-0.15, -0.1) is 0 Å². The number of ketones is 1. The van der Waals surface area contributed by atoms with Crippen molar-refractivity contribution in [1.82, 2.24) is 24.9 Å². The van der Waals surface area contributed by atoms with Gasteiger partial charge < -0.3 is 19.8 Å². The number of H-pyrrole nitrogens is 1. The predicted molar refractivity (Wildman–Crippen MR) is 107 cm³/mol. The van der Waals surface area contributed by atoms with Crippen molar-refractivity contribution in [2.75, 3.05) is 19.0 Å². The van der Waals surface area contributed by atoms with Gasteiger partial charge in [0.25, 0.3) is 0 Å². The third-order valence-electron chi connectivity index (χ3n) is 4.27. The van der Waals surface area contributed by atoms with Gasteiger partial charge in [-0.05, 0) is 25.1 Å². The molecular weight excluding hydrogens is 391 g/mol. The standard InChI is InChI=1S/C20H17FN6O3/c1-3-30-20-16-13(9-23-19(16)24-10-25-20)17(28)12-5-6-14(27-18(12)21)26-11-4-7-15(29-2)22-8-11/h4-10H,3H2,1-2H3,(H,26,27)(H,23,24,25). The van der Waals surface area contributed by atoms with E-state index in [9.17, 15) is 9.18 Å². The van der Waals surface area contributed by atoms with Gasteiger partial charge in [0.05, 0.1) is 42.1 Å². The number of aromatic nitrogens is 5. The minimum atomic E-state index is -0.907. The molecule has 0 spiro atoms. The van der Waals surface area contributed by atoms with Gasteiger partial charge in [-0.3, -0.25) is 4.79 Å². The third-order valence-corrected chi connectivity index (χ3v) is 4.27. The fraction of sp³-hybridized carbons (Fsp3) is 0.150. The molecule has 152 valence electrons. The van der Waals surface area contributed by atoms with Crippen molar-refractivity contribution in [3.05, 3.63) is 60.1 Å². The van der Waals surface area contributed by atoms with Crippen molar-refractivity contribution in [2.24, 2.45) is 0 Å². The largest absolute Gasteiger partial charge is 0.481 e. The van der Waals surface area contributed by atoms with Crippen LogP contribution in [0.1, 0.15) is 22.8 Å². The number of ether oxygens (including phenoxy) is 2. The summed E-state index contributed by atoms with van der Waals surface area (Å²) in [6, 6.07) is 6.25. The summed E-state index contributed by atoms with van der Waals surface area (Å²) >= 11 is 0. The van der Waals surface area contributed by atoms with Crippen molar-refractivity contribution in [2.45, 2.75) is 6.92 Å². The van der Waals surface area contributed by atoms with E-state index in [0.717, 1.165) is 0 Å². The maximum atomic E-state index is 14.7. The lowest BCUT2D eigenvalue weighted by molar-refractivity contribution is 0.103. The van der Waals surface area contributed by atoms with Crippen molar-refractivity contribution in [3.8, 4) is 11.8 Å². The molecule has 0 amide bonds. The minimum absolute atomic E-state index is 0.180. The van der Waals surface area contributed by atoms with Crippen LogP contribution >= 0.6 is 0 Å². The minimum Gasteiger partial charge on any atom is -0.481 e. The molecular formula is C20H17FN6O3. The van der Waals surface area contributed by atoms with Crippen LogP contribution in [0.5, 0.6) is 11.8 Å². The lowest BCUT2D eigenvalue weighted by atomic mass is 10.1. The molecule has 0 atom stereocenters. The van der Waals surface area contributed by atoms with E-state index in [2.05, 4.69) is 30.2 Å². The fourth-order valence-electron chi connectivity index (χ4n) is 2.90. The van der Waals surface area contributed by atoms with E-state index in [1.807, 2.05) is 0 Å². The molecule has 4 heterocycles. The topological polar surface area (TPSA) is 115 Å². The summed E-state index contributed by atoms with van der Waals surface area (Å²) in [6.07, 6.45) is 4.31. The molecule has 0 fully saturated rings. The molecule has 10 heteroatoms. The van der Waals surface area contributed by atoms with E-state index in [4.69, 9.17) is 9.47 Å². The number of anilines is 2. The Kier molecular flexibility index (Phi) is 5.21. The van der Waals surface area contributed by atoms with Gasteiger partial charge in [0.2, 0.25) is 17.7 Å². The number of nitrogens with zero attached hydrogens (tertiary/aromatic N) is 4. The number of pyridine rings is 2. The molecule has 0 aliphatic carbocycles. The summed E-state index contributed by atoms with van der Waals surface area (Å²) in [4.78, 5) is 31.9. The fourth-order valence-corrected chi connectivity index (χ4v) is 2.90. The molecule has 2 N–H and O–H groups in total. The summed E-state index contributed by atoms with van der Waals surface area (Å²) < 4.78 is 25.2. The first-order valence-corrected chi connectivity index (χ1v) is 9.04. The number of hydrogen-bond donors (Lipinski definition) is 2. The number of carbonyl (C=O) groups excluding carboxylic acids is 1. The Morgan fingerprint density at radius 2 is 2.03 bits per heavy atom. The molecule has 0 aliphatic rings. The van der Waals surface area contributed by atoms with Gasteiger partial charge in [0.1, 0.15) is 17.8 Å². The first kappa shape index (κ1) is 19.2. The first-order valence-electron chi connectivity index (χ1n) is 9.04. The second-order valence-electron chi connectivity index (χ2n) is 6.12. The summed E-state index contributed by atoms with van der Waals surface area (Å²) in [7, 11) is 1.51. The van der Waals surface area contributed by atoms with Gasteiger partial charge >= 0.3 is 0 Å². The van der Waals surface area contributed by atoms with Crippen molar-refractivity contribution in [1.29, 1.82) is 0 Å². The summed E-state index contributed by atoms with van der Waals surface area (Å²) in [5, 5.41) is 3.32. The Morgan fingerprint density at radius 3 is 2.73 bits per heavy atom. The van der Waals surface area contributed by atoms with E-state index in [-0.39, 0.29) is 22.8 Å². The number of nitrogens with one attached hydrogen (secondary N) is 2. The molecule has 4 aromatic rings. The zero-order chi connectivity index (χ0) is 21.1. The molecule has 0 saturated heterocycles. The summed E-state index contributed by atoms with van der Waals surface area (Å²) in [6.45, 7) is 2.16. The van der Waals surface area contributed by atoms with Crippen LogP contribution in [0, 0.1) is 5.95 Å². The normalized spacial score (nSPS) is 10.8. The van der Waals surface area contributed by atoms with Crippen LogP contribution in [-0.4, -0.2) is 44.4 Å². The molecule has 0 radical (unpaired) electrons. The average molecular weight is 408 g/mol. The molecule has 4 rings (SSSR count). The van der Waals surface area contributed by atoms with Gasteiger partial charge in [0.15, 0.2) is 5.78 Å². The Labute approximate surface area is 170 Å². The zero-order valence-corrected chi connectivity index (χ0v) is 16.1. The van der Waals surface area contributed by atoms with Gasteiger partial charge in [0, 0.05) is 12.3 Å². The lowest BCUT2D eigenvalue weighted by Gasteiger charge is -2.08. The van der Waals surface area contributed by atoms with Crippen LogP contribution in [0.3, 0.4) is 0 Å². The Morgan fingerprint density at radius 1 is 1.17 bits per heavy atom. The van der Waals surface area contributed by atoms with E-state index in [0.29, 0.717) is 29.2 Å². The van der Waals surface area contributed by atoms with Crippen LogP contribution in [0.25, 0.3) is 11.0 Å². The number of hydrogen-bond acceptors (Lipinski definition) is 8. The highest BCUT2D eigenvalue weighted by Crippen LogP contribution is 2.28.